The Labute approximate surface area is 182 Å². The van der Waals surface area contributed by atoms with Crippen molar-refractivity contribution in [3.8, 4) is 22.4 Å². The van der Waals surface area contributed by atoms with Gasteiger partial charge in [-0.1, -0.05) is 16.8 Å². The van der Waals surface area contributed by atoms with E-state index in [0.717, 1.165) is 0 Å². The predicted octanol–water partition coefficient (Wildman–Crippen LogP) is 4.02. The van der Waals surface area contributed by atoms with E-state index in [4.69, 9.17) is 16.1 Å². The van der Waals surface area contributed by atoms with Crippen molar-refractivity contribution in [3.05, 3.63) is 48.1 Å². The predicted molar refractivity (Wildman–Crippen MR) is 110 cm³/mol. The molecule has 32 heavy (non-hydrogen) atoms. The fourth-order valence-electron chi connectivity index (χ4n) is 3.71. The quantitative estimate of drug-likeness (QED) is 0.423. The summed E-state index contributed by atoms with van der Waals surface area (Å²) in [4.78, 5) is 20.6. The number of amides is 1. The lowest BCUT2D eigenvalue weighted by molar-refractivity contribution is -0.117. The third-order valence-electron chi connectivity index (χ3n) is 5.41. The molecule has 0 bridgehead atoms. The van der Waals surface area contributed by atoms with Gasteiger partial charge >= 0.3 is 0 Å². The second kappa shape index (κ2) is 6.82. The summed E-state index contributed by atoms with van der Waals surface area (Å²) in [5.41, 5.74) is 2.16. The highest BCUT2D eigenvalue weighted by Gasteiger charge is 2.43. The van der Waals surface area contributed by atoms with E-state index in [9.17, 15) is 9.18 Å². The number of halogens is 3. The van der Waals surface area contributed by atoms with Crippen LogP contribution in [0.3, 0.4) is 0 Å². The fourth-order valence-corrected chi connectivity index (χ4v) is 4.00. The van der Waals surface area contributed by atoms with Gasteiger partial charge < -0.3 is 14.2 Å². The Morgan fingerprint density at radius 1 is 1.28 bits per heavy atom. The molecule has 6 rings (SSSR count). The number of nitrogens with one attached hydrogen (secondary N) is 2. The van der Waals surface area contributed by atoms with Gasteiger partial charge in [-0.2, -0.15) is 5.10 Å². The van der Waals surface area contributed by atoms with Crippen molar-refractivity contribution in [1.29, 1.82) is 0 Å². The van der Waals surface area contributed by atoms with Gasteiger partial charge in [0, 0.05) is 28.3 Å². The Kier molecular flexibility index (Phi) is 4.02. The molecule has 2 N–H and O–H groups in total. The van der Waals surface area contributed by atoms with Gasteiger partial charge in [-0.25, -0.2) is 13.8 Å². The molecule has 4 heterocycles. The van der Waals surface area contributed by atoms with Crippen LogP contribution < -0.4 is 5.32 Å². The number of hydrogen-bond donors (Lipinski definition) is 2. The highest BCUT2D eigenvalue weighted by molar-refractivity contribution is 6.36. The first-order valence-corrected chi connectivity index (χ1v) is 9.93. The Morgan fingerprint density at radius 3 is 2.88 bits per heavy atom. The molecule has 0 radical (unpaired) electrons. The zero-order chi connectivity index (χ0) is 22.0. The minimum atomic E-state index is -1.10. The van der Waals surface area contributed by atoms with Crippen LogP contribution in [0, 0.1) is 11.7 Å². The molecule has 2 unspecified atom stereocenters. The largest absolute Gasteiger partial charge is 0.364 e. The van der Waals surface area contributed by atoms with Gasteiger partial charge in [-0.15, -0.1) is 0 Å². The SMILES string of the molecule is O=C(Nc1cn2cc(-c3c(Cl)c(F)c(-c4cnoc4)c4[nH]ncc34)ncc2n1)C1CC1F. The van der Waals surface area contributed by atoms with Crippen LogP contribution in [0.5, 0.6) is 0 Å². The van der Waals surface area contributed by atoms with Gasteiger partial charge in [0.25, 0.3) is 0 Å². The molecule has 4 aromatic heterocycles. The second-order valence-corrected chi connectivity index (χ2v) is 7.84. The van der Waals surface area contributed by atoms with Crippen LogP contribution >= 0.6 is 11.6 Å². The summed E-state index contributed by atoms with van der Waals surface area (Å²) in [6.07, 6.45) is 7.99. The first kappa shape index (κ1) is 18.9. The molecule has 9 nitrogen and oxygen atoms in total. The van der Waals surface area contributed by atoms with E-state index in [2.05, 4.69) is 30.6 Å². The van der Waals surface area contributed by atoms with Gasteiger partial charge in [-0.05, 0) is 6.42 Å². The summed E-state index contributed by atoms with van der Waals surface area (Å²) in [6.45, 7) is 0. The zero-order valence-electron chi connectivity index (χ0n) is 16.0. The average Bonchev–Trinajstić information content (AvgIpc) is 3.21. The lowest BCUT2D eigenvalue weighted by atomic mass is 9.99. The maximum absolute atomic E-state index is 15.3. The van der Waals surface area contributed by atoms with Crippen LogP contribution in [0.25, 0.3) is 38.9 Å². The summed E-state index contributed by atoms with van der Waals surface area (Å²) in [7, 11) is 0. The van der Waals surface area contributed by atoms with E-state index in [1.165, 1.54) is 24.9 Å². The Morgan fingerprint density at radius 2 is 2.12 bits per heavy atom. The van der Waals surface area contributed by atoms with E-state index in [0.29, 0.717) is 33.4 Å². The molecule has 1 aliphatic carbocycles. The monoisotopic (exact) mass is 455 g/mol. The number of fused-ring (bicyclic) bond motifs is 2. The van der Waals surface area contributed by atoms with E-state index in [-0.39, 0.29) is 22.8 Å². The number of aromatic nitrogens is 6. The highest BCUT2D eigenvalue weighted by Crippen LogP contribution is 2.42. The molecule has 1 amide bonds. The molecule has 1 fully saturated rings. The molecule has 0 spiro atoms. The van der Waals surface area contributed by atoms with Crippen molar-refractivity contribution in [3.63, 3.8) is 0 Å². The summed E-state index contributed by atoms with van der Waals surface area (Å²) < 4.78 is 34.9. The van der Waals surface area contributed by atoms with Crippen LogP contribution in [0.15, 0.2) is 41.8 Å². The number of benzene rings is 1. The number of rotatable bonds is 4. The van der Waals surface area contributed by atoms with Crippen LogP contribution in [0.1, 0.15) is 6.42 Å². The van der Waals surface area contributed by atoms with Crippen LogP contribution in [-0.4, -0.2) is 41.8 Å². The lowest BCUT2D eigenvalue weighted by Gasteiger charge is -2.11. The second-order valence-electron chi connectivity index (χ2n) is 7.46. The molecule has 2 atom stereocenters. The molecule has 1 aliphatic rings. The van der Waals surface area contributed by atoms with Crippen molar-refractivity contribution in [2.24, 2.45) is 5.92 Å². The van der Waals surface area contributed by atoms with E-state index in [1.807, 2.05) is 0 Å². The molecule has 5 aromatic rings. The normalized spacial score (nSPS) is 17.8. The van der Waals surface area contributed by atoms with Crippen molar-refractivity contribution < 1.29 is 18.1 Å². The summed E-state index contributed by atoms with van der Waals surface area (Å²) in [5.74, 6) is -1.45. The van der Waals surface area contributed by atoms with Crippen LogP contribution in [0.2, 0.25) is 5.02 Å². The molecule has 1 saturated carbocycles. The van der Waals surface area contributed by atoms with Gasteiger partial charge in [-0.3, -0.25) is 14.9 Å². The summed E-state index contributed by atoms with van der Waals surface area (Å²) >= 11 is 6.44. The van der Waals surface area contributed by atoms with Gasteiger partial charge in [0.2, 0.25) is 5.91 Å². The Balaban J connectivity index is 1.45. The lowest BCUT2D eigenvalue weighted by Crippen LogP contribution is -2.15. The van der Waals surface area contributed by atoms with E-state index in [1.54, 1.807) is 16.8 Å². The van der Waals surface area contributed by atoms with Crippen LogP contribution in [0.4, 0.5) is 14.6 Å². The zero-order valence-corrected chi connectivity index (χ0v) is 16.8. The fraction of sp³-hybridized carbons (Fsp3) is 0.150. The number of carbonyl (C=O) groups is 1. The maximum Gasteiger partial charge on any atom is 0.231 e. The van der Waals surface area contributed by atoms with Crippen molar-refractivity contribution in [2.75, 3.05) is 5.32 Å². The van der Waals surface area contributed by atoms with Gasteiger partial charge in [0.1, 0.15) is 12.4 Å². The van der Waals surface area contributed by atoms with Gasteiger partial charge in [0.05, 0.1) is 46.9 Å². The molecular weight excluding hydrogens is 444 g/mol. The average molecular weight is 456 g/mol. The van der Waals surface area contributed by atoms with Crippen molar-refractivity contribution in [2.45, 2.75) is 12.6 Å². The number of aromatic amines is 1. The molecule has 0 aliphatic heterocycles. The van der Waals surface area contributed by atoms with E-state index < -0.39 is 23.8 Å². The third-order valence-corrected chi connectivity index (χ3v) is 5.76. The minimum absolute atomic E-state index is 0.140. The van der Waals surface area contributed by atoms with Gasteiger partial charge in [0.15, 0.2) is 17.3 Å². The molecular formula is C20H12ClF2N7O2. The van der Waals surface area contributed by atoms with Crippen molar-refractivity contribution in [1.82, 2.24) is 29.7 Å². The van der Waals surface area contributed by atoms with E-state index >= 15 is 4.39 Å². The molecule has 12 heteroatoms. The number of imidazole rings is 1. The summed E-state index contributed by atoms with van der Waals surface area (Å²) in [5, 5.41) is 13.5. The molecule has 0 saturated heterocycles. The highest BCUT2D eigenvalue weighted by atomic mass is 35.5. The first-order valence-electron chi connectivity index (χ1n) is 9.55. The van der Waals surface area contributed by atoms with Crippen molar-refractivity contribution >= 4 is 39.9 Å². The number of nitrogens with zero attached hydrogens (tertiary/aromatic N) is 5. The maximum atomic E-state index is 15.3. The summed E-state index contributed by atoms with van der Waals surface area (Å²) in [6, 6.07) is 0. The molecule has 1 aromatic carbocycles. The molecule has 160 valence electrons. The number of H-pyrrole nitrogens is 1. The topological polar surface area (TPSA) is 114 Å². The standard InChI is InChI=1S/C20H12ClF2N7O2/c21-17-16(10-3-25-29-19(10)15(18(17)23)8-2-26-32-7-8)12-5-30-6-13(27-14(30)4-24-12)28-20(31)9-1-11(9)22/h2-7,9,11H,1H2,(H,25,29)(H,28,31). The van der Waals surface area contributed by atoms with Crippen LogP contribution in [-0.2, 0) is 4.79 Å². The number of carbonyl (C=O) groups excluding carboxylic acids is 1. The number of alkyl halides is 1. The first-order chi connectivity index (χ1) is 15.5. The smallest absolute Gasteiger partial charge is 0.231 e. The third kappa shape index (κ3) is 2.85. The number of hydrogen-bond acceptors (Lipinski definition) is 6. The Bertz CT molecular complexity index is 1510. The Hall–Kier alpha value is -3.86. The minimum Gasteiger partial charge on any atom is -0.364 e. The number of anilines is 1.